The third-order valence-electron chi connectivity index (χ3n) is 5.22. The molecule has 0 spiro atoms. The van der Waals surface area contributed by atoms with Gasteiger partial charge < -0.3 is 43.6 Å². The Bertz CT molecular complexity index is 786. The van der Waals surface area contributed by atoms with Crippen molar-refractivity contribution < 1.29 is 29.1 Å². The topological polar surface area (TPSA) is 244 Å². The first-order chi connectivity index (χ1) is 16.5. The third kappa shape index (κ3) is 11.8. The molecule has 0 bridgehead atoms. The Morgan fingerprint density at radius 2 is 1.69 bits per heavy atom. The fraction of sp³-hybridized carbons (Fsp3) is 0.700. The Morgan fingerprint density at radius 3 is 2.23 bits per heavy atom. The molecule has 1 rings (SSSR count). The molecular formula is C20H36N8O6S. The van der Waals surface area contributed by atoms with E-state index < -0.39 is 60.2 Å². The summed E-state index contributed by atoms with van der Waals surface area (Å²) in [5.41, 5.74) is 15.7. The van der Waals surface area contributed by atoms with Gasteiger partial charge in [0.2, 0.25) is 23.6 Å². The van der Waals surface area contributed by atoms with E-state index in [-0.39, 0.29) is 25.3 Å². The van der Waals surface area contributed by atoms with Crippen molar-refractivity contribution in [2.75, 3.05) is 25.1 Å². The van der Waals surface area contributed by atoms with Crippen LogP contribution >= 0.6 is 11.8 Å². The fourth-order valence-electron chi connectivity index (χ4n) is 3.40. The van der Waals surface area contributed by atoms with Crippen LogP contribution in [0.1, 0.15) is 38.5 Å². The van der Waals surface area contributed by atoms with Crippen LogP contribution in [0, 0.1) is 0 Å². The normalized spacial score (nSPS) is 17.5. The number of amides is 4. The molecule has 35 heavy (non-hydrogen) atoms. The van der Waals surface area contributed by atoms with Gasteiger partial charge in [0.1, 0.15) is 18.1 Å². The van der Waals surface area contributed by atoms with Gasteiger partial charge in [-0.05, 0) is 50.7 Å². The lowest BCUT2D eigenvalue weighted by Crippen LogP contribution is -2.57. The van der Waals surface area contributed by atoms with E-state index in [4.69, 9.17) is 17.2 Å². The number of nitrogens with zero attached hydrogens (tertiary/aromatic N) is 1. The predicted molar refractivity (Wildman–Crippen MR) is 131 cm³/mol. The van der Waals surface area contributed by atoms with Crippen molar-refractivity contribution in [3.05, 3.63) is 0 Å². The number of aliphatic imine (C=N–C) groups is 1. The third-order valence-corrected chi connectivity index (χ3v) is 5.86. The minimum Gasteiger partial charge on any atom is -0.480 e. The predicted octanol–water partition coefficient (Wildman–Crippen LogP) is -3.04. The molecule has 11 N–H and O–H groups in total. The standard InChI is InChI=1S/C20H36N8O6S/c1-35-9-6-12(17(31)27-13(19(33)34)5-3-8-25-20(22)23)26-18(32)14(10-15(21)29)28-16(30)11-4-2-7-24-11/h11-14,24H,2-10H2,1H3,(H2,21,29)(H,26,32)(H,27,31)(H,28,30)(H,33,34)(H4,22,23,25). The van der Waals surface area contributed by atoms with Gasteiger partial charge in [-0.1, -0.05) is 0 Å². The molecule has 1 heterocycles. The van der Waals surface area contributed by atoms with Crippen LogP contribution in [0.3, 0.4) is 0 Å². The summed E-state index contributed by atoms with van der Waals surface area (Å²) in [6, 6.07) is -4.07. The first-order valence-corrected chi connectivity index (χ1v) is 12.6. The van der Waals surface area contributed by atoms with Gasteiger partial charge >= 0.3 is 5.97 Å². The van der Waals surface area contributed by atoms with Crippen LogP contribution in [0.2, 0.25) is 0 Å². The second-order valence-electron chi connectivity index (χ2n) is 8.07. The van der Waals surface area contributed by atoms with E-state index >= 15 is 0 Å². The molecule has 15 heteroatoms. The molecule has 1 saturated heterocycles. The van der Waals surface area contributed by atoms with Crippen molar-refractivity contribution in [3.63, 3.8) is 0 Å². The van der Waals surface area contributed by atoms with E-state index in [0.717, 1.165) is 6.42 Å². The van der Waals surface area contributed by atoms with Gasteiger partial charge in [0.05, 0.1) is 12.5 Å². The summed E-state index contributed by atoms with van der Waals surface area (Å²) >= 11 is 1.43. The molecule has 0 aromatic carbocycles. The van der Waals surface area contributed by atoms with Crippen molar-refractivity contribution in [3.8, 4) is 0 Å². The van der Waals surface area contributed by atoms with Gasteiger partial charge in [-0.15, -0.1) is 0 Å². The van der Waals surface area contributed by atoms with Gasteiger partial charge in [-0.3, -0.25) is 24.2 Å². The lowest BCUT2D eigenvalue weighted by atomic mass is 10.1. The van der Waals surface area contributed by atoms with E-state index in [1.54, 1.807) is 0 Å². The maximum atomic E-state index is 12.9. The summed E-state index contributed by atoms with van der Waals surface area (Å²) in [7, 11) is 0. The molecule has 1 fully saturated rings. The number of aliphatic carboxylic acids is 1. The number of rotatable bonds is 16. The van der Waals surface area contributed by atoms with Gasteiger partial charge in [0.25, 0.3) is 0 Å². The molecule has 0 radical (unpaired) electrons. The van der Waals surface area contributed by atoms with E-state index in [1.807, 2.05) is 6.26 Å². The fourth-order valence-corrected chi connectivity index (χ4v) is 3.87. The zero-order valence-electron chi connectivity index (χ0n) is 19.7. The zero-order valence-corrected chi connectivity index (χ0v) is 20.6. The van der Waals surface area contributed by atoms with Gasteiger partial charge in [-0.2, -0.15) is 11.8 Å². The van der Waals surface area contributed by atoms with Crippen molar-refractivity contribution in [2.24, 2.45) is 22.2 Å². The van der Waals surface area contributed by atoms with E-state index in [2.05, 4.69) is 26.3 Å². The van der Waals surface area contributed by atoms with Crippen LogP contribution in [0.15, 0.2) is 4.99 Å². The van der Waals surface area contributed by atoms with Gasteiger partial charge in [-0.25, -0.2) is 4.79 Å². The summed E-state index contributed by atoms with van der Waals surface area (Å²) in [5, 5.41) is 19.9. The highest BCUT2D eigenvalue weighted by atomic mass is 32.2. The number of hydrogen-bond donors (Lipinski definition) is 8. The lowest BCUT2D eigenvalue weighted by molar-refractivity contribution is -0.142. The molecular weight excluding hydrogens is 480 g/mol. The molecule has 198 valence electrons. The Labute approximate surface area is 208 Å². The SMILES string of the molecule is CSCCC(NC(=O)C(CC(N)=O)NC(=O)C1CCCN1)C(=O)NC(CCCN=C(N)N)C(=O)O. The number of primary amides is 1. The van der Waals surface area contributed by atoms with Crippen molar-refractivity contribution in [1.29, 1.82) is 0 Å². The minimum atomic E-state index is -1.28. The Hall–Kier alpha value is -3.07. The van der Waals surface area contributed by atoms with Gasteiger partial charge in [0.15, 0.2) is 5.96 Å². The molecule has 0 aromatic rings. The maximum absolute atomic E-state index is 12.9. The molecule has 0 aromatic heterocycles. The Morgan fingerprint density at radius 1 is 1.03 bits per heavy atom. The monoisotopic (exact) mass is 516 g/mol. The van der Waals surface area contributed by atoms with Crippen LogP contribution in [0.4, 0.5) is 0 Å². The Kier molecular flexibility index (Phi) is 13.5. The van der Waals surface area contributed by atoms with Crippen molar-refractivity contribution >= 4 is 47.3 Å². The smallest absolute Gasteiger partial charge is 0.326 e. The molecule has 4 atom stereocenters. The molecule has 4 unspecified atom stereocenters. The summed E-state index contributed by atoms with van der Waals surface area (Å²) in [4.78, 5) is 65.1. The van der Waals surface area contributed by atoms with Crippen LogP contribution in [-0.2, 0) is 24.0 Å². The average Bonchev–Trinajstić information content (AvgIpc) is 3.32. The number of carbonyl (C=O) groups is 5. The van der Waals surface area contributed by atoms with Crippen LogP contribution < -0.4 is 38.5 Å². The van der Waals surface area contributed by atoms with E-state index in [1.165, 1.54) is 11.8 Å². The zero-order chi connectivity index (χ0) is 26.4. The van der Waals surface area contributed by atoms with E-state index in [0.29, 0.717) is 25.1 Å². The van der Waals surface area contributed by atoms with E-state index in [9.17, 15) is 29.1 Å². The minimum absolute atomic E-state index is 0.0653. The number of hydrogen-bond acceptors (Lipinski definition) is 8. The largest absolute Gasteiger partial charge is 0.480 e. The van der Waals surface area contributed by atoms with Crippen LogP contribution in [0.25, 0.3) is 0 Å². The maximum Gasteiger partial charge on any atom is 0.326 e. The average molecular weight is 517 g/mol. The first-order valence-electron chi connectivity index (χ1n) is 11.2. The lowest BCUT2D eigenvalue weighted by Gasteiger charge is -2.24. The second-order valence-corrected chi connectivity index (χ2v) is 9.06. The molecule has 1 aliphatic rings. The summed E-state index contributed by atoms with van der Waals surface area (Å²) in [6.45, 7) is 0.859. The molecule has 4 amide bonds. The number of carboxylic acids is 1. The van der Waals surface area contributed by atoms with Crippen molar-refractivity contribution in [1.82, 2.24) is 21.3 Å². The molecule has 0 aliphatic carbocycles. The molecule has 0 saturated carbocycles. The number of carboxylic acid groups (broad SMARTS) is 1. The Balaban J connectivity index is 2.86. The first kappa shape index (κ1) is 30.0. The number of nitrogens with one attached hydrogen (secondary N) is 4. The number of thioether (sulfide) groups is 1. The van der Waals surface area contributed by atoms with Gasteiger partial charge in [0, 0.05) is 6.54 Å². The van der Waals surface area contributed by atoms with Crippen LogP contribution in [-0.4, -0.2) is 89.9 Å². The summed E-state index contributed by atoms with van der Waals surface area (Å²) < 4.78 is 0. The molecule has 1 aliphatic heterocycles. The quantitative estimate of drug-likeness (QED) is 0.0585. The number of nitrogens with two attached hydrogens (primary N) is 3. The highest BCUT2D eigenvalue weighted by molar-refractivity contribution is 7.98. The molecule has 14 nitrogen and oxygen atoms in total. The summed E-state index contributed by atoms with van der Waals surface area (Å²) in [6.07, 6.45) is 3.32. The van der Waals surface area contributed by atoms with Crippen molar-refractivity contribution in [2.45, 2.75) is 62.7 Å². The number of guanidine groups is 1. The number of carbonyl (C=O) groups excluding carboxylic acids is 4. The van der Waals surface area contributed by atoms with Crippen LogP contribution in [0.5, 0.6) is 0 Å². The second kappa shape index (κ2) is 15.8. The summed E-state index contributed by atoms with van der Waals surface area (Å²) in [5.74, 6) is -3.61. The highest BCUT2D eigenvalue weighted by Gasteiger charge is 2.32. The highest BCUT2D eigenvalue weighted by Crippen LogP contribution is 2.08.